The zero-order chi connectivity index (χ0) is 17.1. The van der Waals surface area contributed by atoms with E-state index >= 15 is 0 Å². The van der Waals surface area contributed by atoms with Gasteiger partial charge in [-0.15, -0.1) is 9.89 Å². The van der Waals surface area contributed by atoms with Crippen molar-refractivity contribution in [2.24, 2.45) is 10.1 Å². The van der Waals surface area contributed by atoms with Gasteiger partial charge in [-0.05, 0) is 45.0 Å². The molecule has 2 heterocycles. The van der Waals surface area contributed by atoms with Gasteiger partial charge in [0, 0.05) is 25.9 Å². The quantitative estimate of drug-likeness (QED) is 0.817. The van der Waals surface area contributed by atoms with Crippen molar-refractivity contribution in [2.75, 3.05) is 31.7 Å². The molecule has 1 aromatic heterocycles. The Balaban J connectivity index is 1.83. The fourth-order valence-electron chi connectivity index (χ4n) is 2.64. The number of methoxy groups -OCH3 is 1. The van der Waals surface area contributed by atoms with Crippen molar-refractivity contribution in [2.45, 2.75) is 20.8 Å². The third kappa shape index (κ3) is 3.21. The van der Waals surface area contributed by atoms with Crippen LogP contribution in [0, 0.1) is 6.92 Å². The summed E-state index contributed by atoms with van der Waals surface area (Å²) >= 11 is 0. The molecule has 1 aliphatic rings. The molecule has 0 N–H and O–H groups in total. The number of likely N-dealkylation sites (N-methyl/N-ethyl adjacent to an activating group) is 1. The maximum Gasteiger partial charge on any atom is 0.204 e. The van der Waals surface area contributed by atoms with E-state index in [0.717, 1.165) is 35.9 Å². The van der Waals surface area contributed by atoms with Gasteiger partial charge in [-0.1, -0.05) is 0 Å². The van der Waals surface area contributed by atoms with E-state index in [4.69, 9.17) is 9.73 Å². The second-order valence-corrected chi connectivity index (χ2v) is 5.61. The standard InChI is InChI=1S/C17H22N6O/c1-5-22(10-11-24-4)15-8-6-14(7-9-15)19-16-12(2)20-23-17(16)18-13(3)21-23/h6-9H,5,10-11H2,1-4H3. The molecule has 0 spiro atoms. The number of aryl methyl sites for hydroxylation is 1. The molecule has 0 atom stereocenters. The molecule has 0 fully saturated rings. The normalized spacial score (nSPS) is 14.8. The summed E-state index contributed by atoms with van der Waals surface area (Å²) in [5.41, 5.74) is 3.63. The van der Waals surface area contributed by atoms with Crippen LogP contribution in [0.3, 0.4) is 0 Å². The van der Waals surface area contributed by atoms with Crippen LogP contribution < -0.4 is 4.90 Å². The highest BCUT2D eigenvalue weighted by Crippen LogP contribution is 2.22. The van der Waals surface area contributed by atoms with Gasteiger partial charge < -0.3 is 9.64 Å². The van der Waals surface area contributed by atoms with E-state index in [0.29, 0.717) is 18.3 Å². The molecule has 1 aliphatic heterocycles. The van der Waals surface area contributed by atoms with E-state index in [2.05, 4.69) is 39.1 Å². The average Bonchev–Trinajstić information content (AvgIpc) is 3.06. The zero-order valence-corrected chi connectivity index (χ0v) is 14.5. The van der Waals surface area contributed by atoms with Crippen LogP contribution in [0.2, 0.25) is 0 Å². The van der Waals surface area contributed by atoms with E-state index < -0.39 is 0 Å². The maximum absolute atomic E-state index is 5.16. The SMILES string of the molecule is CCN(CCOC)c1ccc(N=C2C(C)=Nn3nc(C)nc32)cc1. The van der Waals surface area contributed by atoms with Crippen molar-refractivity contribution < 1.29 is 4.74 Å². The van der Waals surface area contributed by atoms with Crippen LogP contribution in [0.25, 0.3) is 0 Å². The van der Waals surface area contributed by atoms with Crippen LogP contribution in [-0.2, 0) is 4.74 Å². The van der Waals surface area contributed by atoms with Crippen LogP contribution in [0.15, 0.2) is 34.4 Å². The first-order valence-corrected chi connectivity index (χ1v) is 8.05. The Morgan fingerprint density at radius 1 is 1.21 bits per heavy atom. The van der Waals surface area contributed by atoms with Crippen LogP contribution >= 0.6 is 0 Å². The Bertz CT molecular complexity index is 775. The van der Waals surface area contributed by atoms with Crippen molar-refractivity contribution >= 4 is 22.8 Å². The highest BCUT2D eigenvalue weighted by molar-refractivity contribution is 6.48. The summed E-state index contributed by atoms with van der Waals surface area (Å²) in [5, 5.41) is 8.58. The minimum Gasteiger partial charge on any atom is -0.383 e. The molecule has 0 radical (unpaired) electrons. The van der Waals surface area contributed by atoms with Gasteiger partial charge in [0.15, 0.2) is 5.82 Å². The topological polar surface area (TPSA) is 67.9 Å². The number of rotatable bonds is 6. The third-order valence-corrected chi connectivity index (χ3v) is 3.90. The first-order chi connectivity index (χ1) is 11.6. The van der Waals surface area contributed by atoms with E-state index in [-0.39, 0.29) is 0 Å². The number of ether oxygens (including phenoxy) is 1. The van der Waals surface area contributed by atoms with E-state index in [9.17, 15) is 0 Å². The number of hydrogen-bond acceptors (Lipinski definition) is 6. The lowest BCUT2D eigenvalue weighted by molar-refractivity contribution is 0.205. The smallest absolute Gasteiger partial charge is 0.204 e. The predicted octanol–water partition coefficient (Wildman–Crippen LogP) is 2.42. The van der Waals surface area contributed by atoms with Crippen LogP contribution in [0.1, 0.15) is 25.5 Å². The van der Waals surface area contributed by atoms with Crippen LogP contribution in [-0.4, -0.2) is 53.1 Å². The minimum atomic E-state index is 0.695. The van der Waals surface area contributed by atoms with Gasteiger partial charge >= 0.3 is 0 Å². The van der Waals surface area contributed by atoms with Crippen molar-refractivity contribution in [3.63, 3.8) is 0 Å². The minimum absolute atomic E-state index is 0.695. The summed E-state index contributed by atoms with van der Waals surface area (Å²) < 4.78 is 5.16. The maximum atomic E-state index is 5.16. The lowest BCUT2D eigenvalue weighted by atomic mass is 10.2. The number of aliphatic imine (C=N–C) groups is 1. The monoisotopic (exact) mass is 326 g/mol. The second kappa shape index (κ2) is 6.92. The molecule has 0 bridgehead atoms. The largest absolute Gasteiger partial charge is 0.383 e. The summed E-state index contributed by atoms with van der Waals surface area (Å²) in [6, 6.07) is 8.18. The number of nitrogens with zero attached hydrogens (tertiary/aromatic N) is 6. The first kappa shape index (κ1) is 16.3. The fraction of sp³-hybridized carbons (Fsp3) is 0.412. The van der Waals surface area contributed by atoms with Crippen LogP contribution in [0.5, 0.6) is 0 Å². The molecular formula is C17H22N6O. The van der Waals surface area contributed by atoms with Crippen molar-refractivity contribution in [3.05, 3.63) is 35.9 Å². The van der Waals surface area contributed by atoms with Gasteiger partial charge in [-0.25, -0.2) is 9.98 Å². The molecule has 2 aromatic rings. The molecule has 0 unspecified atom stereocenters. The predicted molar refractivity (Wildman–Crippen MR) is 95.7 cm³/mol. The molecule has 3 rings (SSSR count). The van der Waals surface area contributed by atoms with Gasteiger partial charge in [0.05, 0.1) is 18.0 Å². The summed E-state index contributed by atoms with van der Waals surface area (Å²) in [5.74, 6) is 1.39. The molecule has 0 saturated carbocycles. The van der Waals surface area contributed by atoms with E-state index in [1.165, 1.54) is 0 Å². The lowest BCUT2D eigenvalue weighted by Gasteiger charge is -2.22. The van der Waals surface area contributed by atoms with Crippen LogP contribution in [0.4, 0.5) is 11.4 Å². The van der Waals surface area contributed by atoms with E-state index in [1.807, 2.05) is 26.0 Å². The van der Waals surface area contributed by atoms with Crippen molar-refractivity contribution in [1.82, 2.24) is 14.9 Å². The third-order valence-electron chi connectivity index (χ3n) is 3.90. The molecule has 0 saturated heterocycles. The van der Waals surface area contributed by atoms with Gasteiger partial charge in [0.25, 0.3) is 0 Å². The van der Waals surface area contributed by atoms with Crippen molar-refractivity contribution in [3.8, 4) is 0 Å². The Morgan fingerprint density at radius 2 is 1.96 bits per heavy atom. The highest BCUT2D eigenvalue weighted by Gasteiger charge is 2.23. The highest BCUT2D eigenvalue weighted by atomic mass is 16.5. The summed E-state index contributed by atoms with van der Waals surface area (Å²) in [7, 11) is 1.72. The van der Waals surface area contributed by atoms with Crippen molar-refractivity contribution in [1.29, 1.82) is 0 Å². The average molecular weight is 326 g/mol. The van der Waals surface area contributed by atoms with Gasteiger partial charge in [-0.3, -0.25) is 0 Å². The van der Waals surface area contributed by atoms with Gasteiger partial charge in [-0.2, -0.15) is 5.10 Å². The number of anilines is 1. The second-order valence-electron chi connectivity index (χ2n) is 5.61. The Morgan fingerprint density at radius 3 is 2.62 bits per heavy atom. The van der Waals surface area contributed by atoms with Gasteiger partial charge in [0.2, 0.25) is 5.82 Å². The molecular weight excluding hydrogens is 304 g/mol. The molecule has 126 valence electrons. The summed E-state index contributed by atoms with van der Waals surface area (Å²) in [4.78, 5) is 12.9. The summed E-state index contributed by atoms with van der Waals surface area (Å²) in [6.07, 6.45) is 0. The number of aromatic nitrogens is 3. The molecule has 1 aromatic carbocycles. The Kier molecular flexibility index (Phi) is 4.71. The fourth-order valence-corrected chi connectivity index (χ4v) is 2.64. The molecule has 0 amide bonds. The molecule has 0 aliphatic carbocycles. The number of benzene rings is 1. The Hall–Kier alpha value is -2.54. The molecule has 24 heavy (non-hydrogen) atoms. The van der Waals surface area contributed by atoms with E-state index in [1.54, 1.807) is 11.9 Å². The Labute approximate surface area is 141 Å². The number of hydrogen-bond donors (Lipinski definition) is 0. The molecule has 7 nitrogen and oxygen atoms in total. The van der Waals surface area contributed by atoms with Gasteiger partial charge in [0.1, 0.15) is 5.71 Å². The lowest BCUT2D eigenvalue weighted by Crippen LogP contribution is -2.26. The molecule has 7 heteroatoms. The summed E-state index contributed by atoms with van der Waals surface area (Å²) in [6.45, 7) is 8.42. The number of fused-ring (bicyclic) bond motifs is 1. The first-order valence-electron chi connectivity index (χ1n) is 8.05. The zero-order valence-electron chi connectivity index (χ0n) is 14.5.